The lowest BCUT2D eigenvalue weighted by Crippen LogP contribution is -2.42. The summed E-state index contributed by atoms with van der Waals surface area (Å²) in [7, 11) is 1.75. The molecule has 0 saturated carbocycles. The molecule has 1 N–H and O–H groups in total. The van der Waals surface area contributed by atoms with Crippen LogP contribution < -0.4 is 5.32 Å². The minimum Gasteiger partial charge on any atom is -0.444 e. The van der Waals surface area contributed by atoms with Crippen molar-refractivity contribution in [2.24, 2.45) is 0 Å². The van der Waals surface area contributed by atoms with E-state index in [0.29, 0.717) is 12.1 Å². The van der Waals surface area contributed by atoms with E-state index in [-0.39, 0.29) is 6.09 Å². The molecule has 0 aromatic rings. The Hall–Kier alpha value is -0.810. The highest BCUT2D eigenvalue weighted by Gasteiger charge is 2.32. The third-order valence-electron chi connectivity index (χ3n) is 4.15. The fourth-order valence-electron chi connectivity index (χ4n) is 3.03. The van der Waals surface area contributed by atoms with Crippen LogP contribution in [0.4, 0.5) is 4.79 Å². The Bertz CT molecular complexity index is 342. The summed E-state index contributed by atoms with van der Waals surface area (Å²) in [6.07, 6.45) is 6.49. The Balaban J connectivity index is 2.27. The summed E-state index contributed by atoms with van der Waals surface area (Å²) in [5.41, 5.74) is -0.420. The van der Waals surface area contributed by atoms with Crippen LogP contribution >= 0.6 is 0 Å². The van der Waals surface area contributed by atoms with Crippen molar-refractivity contribution in [3.8, 4) is 0 Å². The Morgan fingerprint density at radius 3 is 2.70 bits per heavy atom. The average molecular weight is 328 g/mol. The number of unbranched alkanes of at least 4 members (excludes halogenated alkanes) is 2. The highest BCUT2D eigenvalue weighted by atomic mass is 16.6. The molecular formula is C18H36N2O3. The first kappa shape index (κ1) is 20.2. The molecule has 0 radical (unpaired) electrons. The van der Waals surface area contributed by atoms with Gasteiger partial charge in [-0.05, 0) is 72.8 Å². The van der Waals surface area contributed by atoms with Gasteiger partial charge in [-0.2, -0.15) is 0 Å². The van der Waals surface area contributed by atoms with Gasteiger partial charge in [0, 0.05) is 32.3 Å². The second-order valence-electron chi connectivity index (χ2n) is 7.61. The summed E-state index contributed by atoms with van der Waals surface area (Å²) in [5.74, 6) is 0. The number of nitrogens with zero attached hydrogens (tertiary/aromatic N) is 1. The standard InChI is InChI=1S/C18H36N2O3/c1-15(19-11-7-6-8-13-22-5)14-16-10-9-12-20(16)17(21)23-18(2,3)4/h15-16,19H,6-14H2,1-5H3. The molecule has 0 aromatic heterocycles. The van der Waals surface area contributed by atoms with Crippen LogP contribution in [-0.4, -0.2) is 55.5 Å². The van der Waals surface area contributed by atoms with Gasteiger partial charge in [-0.25, -0.2) is 4.79 Å². The first-order chi connectivity index (χ1) is 10.8. The Morgan fingerprint density at radius 1 is 1.30 bits per heavy atom. The molecule has 1 rings (SSSR count). The summed E-state index contributed by atoms with van der Waals surface area (Å²) in [6, 6.07) is 0.728. The van der Waals surface area contributed by atoms with E-state index in [4.69, 9.17) is 9.47 Å². The minimum atomic E-state index is -0.420. The number of methoxy groups -OCH3 is 1. The predicted molar refractivity (Wildman–Crippen MR) is 93.8 cm³/mol. The molecule has 136 valence electrons. The molecular weight excluding hydrogens is 292 g/mol. The van der Waals surface area contributed by atoms with Gasteiger partial charge in [0.1, 0.15) is 5.60 Å². The monoisotopic (exact) mass is 328 g/mol. The maximum Gasteiger partial charge on any atom is 0.410 e. The van der Waals surface area contributed by atoms with Crippen molar-refractivity contribution in [1.29, 1.82) is 0 Å². The predicted octanol–water partition coefficient (Wildman–Crippen LogP) is 3.57. The van der Waals surface area contributed by atoms with E-state index < -0.39 is 5.60 Å². The third-order valence-corrected chi connectivity index (χ3v) is 4.15. The van der Waals surface area contributed by atoms with Gasteiger partial charge in [0.05, 0.1) is 0 Å². The first-order valence-corrected chi connectivity index (χ1v) is 9.05. The molecule has 1 aliphatic rings. The van der Waals surface area contributed by atoms with E-state index in [1.807, 2.05) is 25.7 Å². The third kappa shape index (κ3) is 8.56. The van der Waals surface area contributed by atoms with Crippen LogP contribution in [-0.2, 0) is 9.47 Å². The topological polar surface area (TPSA) is 50.8 Å². The molecule has 1 amide bonds. The van der Waals surface area contributed by atoms with Gasteiger partial charge in [0.25, 0.3) is 0 Å². The van der Waals surface area contributed by atoms with E-state index in [1.54, 1.807) is 7.11 Å². The number of carbonyl (C=O) groups is 1. The molecule has 0 aliphatic carbocycles. The van der Waals surface area contributed by atoms with E-state index in [2.05, 4.69) is 12.2 Å². The molecule has 23 heavy (non-hydrogen) atoms. The molecule has 1 aliphatic heterocycles. The lowest BCUT2D eigenvalue weighted by atomic mass is 10.1. The zero-order valence-corrected chi connectivity index (χ0v) is 15.7. The first-order valence-electron chi connectivity index (χ1n) is 9.05. The van der Waals surface area contributed by atoms with Crippen LogP contribution in [0.3, 0.4) is 0 Å². The quantitative estimate of drug-likeness (QED) is 0.657. The van der Waals surface area contributed by atoms with Gasteiger partial charge < -0.3 is 19.7 Å². The van der Waals surface area contributed by atoms with E-state index in [0.717, 1.165) is 45.4 Å². The van der Waals surface area contributed by atoms with Crippen molar-refractivity contribution >= 4 is 6.09 Å². The number of hydrogen-bond acceptors (Lipinski definition) is 4. The highest BCUT2D eigenvalue weighted by molar-refractivity contribution is 5.68. The zero-order valence-electron chi connectivity index (χ0n) is 15.7. The fraction of sp³-hybridized carbons (Fsp3) is 0.944. The van der Waals surface area contributed by atoms with Crippen LogP contribution in [0.25, 0.3) is 0 Å². The van der Waals surface area contributed by atoms with Gasteiger partial charge >= 0.3 is 6.09 Å². The van der Waals surface area contributed by atoms with Gasteiger partial charge in [-0.3, -0.25) is 0 Å². The summed E-state index contributed by atoms with van der Waals surface area (Å²) >= 11 is 0. The number of rotatable bonds is 9. The smallest absolute Gasteiger partial charge is 0.410 e. The molecule has 5 nitrogen and oxygen atoms in total. The summed E-state index contributed by atoms with van der Waals surface area (Å²) in [4.78, 5) is 14.2. The summed E-state index contributed by atoms with van der Waals surface area (Å²) in [6.45, 7) is 10.7. The number of likely N-dealkylation sites (tertiary alicyclic amines) is 1. The van der Waals surface area contributed by atoms with Crippen molar-refractivity contribution in [2.75, 3.05) is 26.8 Å². The highest BCUT2D eigenvalue weighted by Crippen LogP contribution is 2.24. The fourth-order valence-corrected chi connectivity index (χ4v) is 3.03. The Labute approximate surface area is 142 Å². The number of carbonyl (C=O) groups excluding carboxylic acids is 1. The minimum absolute atomic E-state index is 0.160. The van der Waals surface area contributed by atoms with E-state index >= 15 is 0 Å². The Morgan fingerprint density at radius 2 is 2.04 bits per heavy atom. The molecule has 2 atom stereocenters. The molecule has 0 spiro atoms. The van der Waals surface area contributed by atoms with Crippen molar-refractivity contribution in [3.63, 3.8) is 0 Å². The number of ether oxygens (including phenoxy) is 2. The summed E-state index contributed by atoms with van der Waals surface area (Å²) < 4.78 is 10.6. The van der Waals surface area contributed by atoms with Crippen molar-refractivity contribution in [1.82, 2.24) is 10.2 Å². The van der Waals surface area contributed by atoms with Crippen molar-refractivity contribution in [2.45, 2.75) is 83.9 Å². The SMILES string of the molecule is COCCCCCNC(C)CC1CCCN1C(=O)OC(C)(C)C. The lowest BCUT2D eigenvalue weighted by Gasteiger charge is -2.30. The number of nitrogens with one attached hydrogen (secondary N) is 1. The van der Waals surface area contributed by atoms with Crippen LogP contribution in [0.5, 0.6) is 0 Å². The maximum atomic E-state index is 12.3. The molecule has 1 heterocycles. The summed E-state index contributed by atoms with van der Waals surface area (Å²) in [5, 5.41) is 3.57. The largest absolute Gasteiger partial charge is 0.444 e. The molecule has 1 saturated heterocycles. The number of hydrogen-bond donors (Lipinski definition) is 1. The molecule has 5 heteroatoms. The average Bonchev–Trinajstić information content (AvgIpc) is 2.89. The second-order valence-corrected chi connectivity index (χ2v) is 7.61. The van der Waals surface area contributed by atoms with Crippen LogP contribution in [0.2, 0.25) is 0 Å². The molecule has 2 unspecified atom stereocenters. The van der Waals surface area contributed by atoms with Crippen molar-refractivity contribution < 1.29 is 14.3 Å². The van der Waals surface area contributed by atoms with Gasteiger partial charge in [-0.1, -0.05) is 0 Å². The van der Waals surface area contributed by atoms with Crippen LogP contribution in [0, 0.1) is 0 Å². The molecule has 0 aromatic carbocycles. The van der Waals surface area contributed by atoms with Gasteiger partial charge in [0.2, 0.25) is 0 Å². The second kappa shape index (κ2) is 10.1. The number of amides is 1. The lowest BCUT2D eigenvalue weighted by molar-refractivity contribution is 0.0214. The van der Waals surface area contributed by atoms with E-state index in [9.17, 15) is 4.79 Å². The van der Waals surface area contributed by atoms with Crippen LogP contribution in [0.15, 0.2) is 0 Å². The van der Waals surface area contributed by atoms with Crippen LogP contribution in [0.1, 0.15) is 66.2 Å². The van der Waals surface area contributed by atoms with Gasteiger partial charge in [-0.15, -0.1) is 0 Å². The zero-order chi connectivity index (χ0) is 17.3. The molecule has 0 bridgehead atoms. The maximum absolute atomic E-state index is 12.3. The van der Waals surface area contributed by atoms with Gasteiger partial charge in [0.15, 0.2) is 0 Å². The normalized spacial score (nSPS) is 19.9. The Kier molecular flexibility index (Phi) is 8.92. The van der Waals surface area contributed by atoms with E-state index in [1.165, 1.54) is 12.8 Å². The van der Waals surface area contributed by atoms with Crippen molar-refractivity contribution in [3.05, 3.63) is 0 Å². The molecule has 1 fully saturated rings.